The summed E-state index contributed by atoms with van der Waals surface area (Å²) in [5, 5.41) is 9.39. The smallest absolute Gasteiger partial charge is 0.158 e. The third kappa shape index (κ3) is 3.26. The van der Waals surface area contributed by atoms with E-state index in [0.29, 0.717) is 0 Å². The Morgan fingerprint density at radius 2 is 1.82 bits per heavy atom. The van der Waals surface area contributed by atoms with E-state index in [1.54, 1.807) is 0 Å². The lowest BCUT2D eigenvalue weighted by Crippen LogP contribution is -2.32. The number of hydrogen-bond donors (Lipinski definition) is 1. The summed E-state index contributed by atoms with van der Waals surface area (Å²) in [6, 6.07) is 0. The number of nitrogens with zero attached hydrogens (tertiary/aromatic N) is 7. The lowest BCUT2D eigenvalue weighted by molar-refractivity contribution is 0.519. The Kier molecular flexibility index (Phi) is 5.05. The molecule has 0 aliphatic carbocycles. The molecule has 0 amide bonds. The van der Waals surface area contributed by atoms with Crippen molar-refractivity contribution in [3.05, 3.63) is 28.5 Å². The summed E-state index contributed by atoms with van der Waals surface area (Å²) < 4.78 is 4.12. The second-order valence-electron chi connectivity index (χ2n) is 7.76. The lowest BCUT2D eigenvalue weighted by Gasteiger charge is -2.29. The number of rotatable bonds is 6. The van der Waals surface area contributed by atoms with Crippen LogP contribution in [0.5, 0.6) is 0 Å². The number of aromatic nitrogens is 6. The van der Waals surface area contributed by atoms with Crippen molar-refractivity contribution in [2.45, 2.75) is 59.5 Å². The van der Waals surface area contributed by atoms with E-state index in [2.05, 4.69) is 26.6 Å². The quantitative estimate of drug-likeness (QED) is 0.657. The fourth-order valence-electron chi connectivity index (χ4n) is 4.26. The third-order valence-corrected chi connectivity index (χ3v) is 5.65. The largest absolute Gasteiger partial charge is 0.350 e. The molecule has 0 fully saturated rings. The van der Waals surface area contributed by atoms with E-state index in [1.807, 2.05) is 25.6 Å². The molecule has 0 radical (unpaired) electrons. The Hall–Kier alpha value is -2.48. The van der Waals surface area contributed by atoms with E-state index in [9.17, 15) is 0 Å². The molecule has 2 N–H and O–H groups in total. The molecule has 150 valence electrons. The summed E-state index contributed by atoms with van der Waals surface area (Å²) in [5.74, 6) is 1.77. The molecule has 0 spiro atoms. The van der Waals surface area contributed by atoms with Crippen molar-refractivity contribution >= 4 is 16.9 Å². The average molecular weight is 383 g/mol. The number of anilines is 1. The second kappa shape index (κ2) is 7.50. The van der Waals surface area contributed by atoms with Gasteiger partial charge in [-0.3, -0.25) is 9.36 Å². The third-order valence-electron chi connectivity index (χ3n) is 5.65. The maximum absolute atomic E-state index is 5.61. The van der Waals surface area contributed by atoms with Crippen LogP contribution in [0.1, 0.15) is 47.7 Å². The maximum atomic E-state index is 5.61. The molecule has 1 aliphatic heterocycles. The van der Waals surface area contributed by atoms with E-state index in [1.165, 1.54) is 11.3 Å². The maximum Gasteiger partial charge on any atom is 0.158 e. The predicted octanol–water partition coefficient (Wildman–Crippen LogP) is 2.18. The highest BCUT2D eigenvalue weighted by molar-refractivity contribution is 5.88. The predicted molar refractivity (Wildman–Crippen MR) is 110 cm³/mol. The summed E-state index contributed by atoms with van der Waals surface area (Å²) in [7, 11) is 1.97. The van der Waals surface area contributed by atoms with Crippen molar-refractivity contribution in [1.82, 2.24) is 29.5 Å². The SMILES string of the molecule is Cc1nc(N2CCc3c(c(C)nn3CCCCCN)C2)c2c(n1)c(C)nn2C. The first-order valence-electron chi connectivity index (χ1n) is 10.2. The van der Waals surface area contributed by atoms with E-state index >= 15 is 0 Å². The van der Waals surface area contributed by atoms with Gasteiger partial charge in [0.05, 0.1) is 11.4 Å². The normalized spacial score (nSPS) is 14.1. The summed E-state index contributed by atoms with van der Waals surface area (Å²) in [5.41, 5.74) is 12.4. The van der Waals surface area contributed by atoms with Crippen LogP contribution in [0.15, 0.2) is 0 Å². The fourth-order valence-corrected chi connectivity index (χ4v) is 4.26. The molecule has 0 unspecified atom stereocenters. The Labute approximate surface area is 165 Å². The van der Waals surface area contributed by atoms with Gasteiger partial charge in [-0.05, 0) is 40.2 Å². The van der Waals surface area contributed by atoms with Gasteiger partial charge >= 0.3 is 0 Å². The molecular formula is C20H30N8. The van der Waals surface area contributed by atoms with Gasteiger partial charge in [0.15, 0.2) is 5.82 Å². The summed E-state index contributed by atoms with van der Waals surface area (Å²) in [6.45, 7) is 9.59. The topological polar surface area (TPSA) is 90.7 Å². The minimum atomic E-state index is 0.769. The molecule has 0 saturated carbocycles. The first-order valence-corrected chi connectivity index (χ1v) is 10.2. The first-order chi connectivity index (χ1) is 13.5. The van der Waals surface area contributed by atoms with Crippen LogP contribution in [-0.4, -0.2) is 42.6 Å². The average Bonchev–Trinajstić information content (AvgIpc) is 3.14. The molecule has 28 heavy (non-hydrogen) atoms. The molecule has 4 heterocycles. The Morgan fingerprint density at radius 1 is 1.00 bits per heavy atom. The van der Waals surface area contributed by atoms with Gasteiger partial charge in [-0.2, -0.15) is 10.2 Å². The van der Waals surface area contributed by atoms with Gasteiger partial charge in [0.25, 0.3) is 0 Å². The van der Waals surface area contributed by atoms with Gasteiger partial charge in [0, 0.05) is 44.4 Å². The lowest BCUT2D eigenvalue weighted by atomic mass is 10.1. The van der Waals surface area contributed by atoms with Crippen LogP contribution in [0.2, 0.25) is 0 Å². The van der Waals surface area contributed by atoms with Gasteiger partial charge in [-0.25, -0.2) is 9.97 Å². The Morgan fingerprint density at radius 3 is 2.61 bits per heavy atom. The van der Waals surface area contributed by atoms with Gasteiger partial charge in [0.2, 0.25) is 0 Å². The Balaban J connectivity index is 1.63. The monoisotopic (exact) mass is 382 g/mol. The molecule has 4 rings (SSSR count). The molecule has 8 nitrogen and oxygen atoms in total. The summed E-state index contributed by atoms with van der Waals surface area (Å²) in [4.78, 5) is 11.8. The minimum Gasteiger partial charge on any atom is -0.350 e. The van der Waals surface area contributed by atoms with Gasteiger partial charge in [0.1, 0.15) is 16.9 Å². The molecule has 3 aromatic rings. The molecular weight excluding hydrogens is 352 g/mol. The van der Waals surface area contributed by atoms with Crippen LogP contribution < -0.4 is 10.6 Å². The zero-order valence-electron chi connectivity index (χ0n) is 17.4. The number of unbranched alkanes of at least 4 members (excludes halogenated alkanes) is 2. The standard InChI is InChI=1S/C20H30N8/c1-13-16-12-27(11-8-17(16)28(25-13)10-7-5-6-9-21)20-19-18(22-15(3)23-20)14(2)24-26(19)4/h5-12,21H2,1-4H3. The minimum absolute atomic E-state index is 0.769. The highest BCUT2D eigenvalue weighted by atomic mass is 15.3. The summed E-state index contributed by atoms with van der Waals surface area (Å²) in [6.07, 6.45) is 4.36. The second-order valence-corrected chi connectivity index (χ2v) is 7.76. The molecule has 8 heteroatoms. The van der Waals surface area contributed by atoms with E-state index in [-0.39, 0.29) is 0 Å². The Bertz CT molecular complexity index is 1000. The molecule has 1 aliphatic rings. The van der Waals surface area contributed by atoms with Crippen LogP contribution in [0, 0.1) is 20.8 Å². The van der Waals surface area contributed by atoms with Crippen molar-refractivity contribution in [2.75, 3.05) is 18.0 Å². The zero-order chi connectivity index (χ0) is 19.8. The van der Waals surface area contributed by atoms with E-state index in [0.717, 1.165) is 85.9 Å². The fraction of sp³-hybridized carbons (Fsp3) is 0.600. The van der Waals surface area contributed by atoms with Crippen LogP contribution in [0.4, 0.5) is 5.82 Å². The van der Waals surface area contributed by atoms with Gasteiger partial charge in [-0.1, -0.05) is 6.42 Å². The first kappa shape index (κ1) is 18.9. The van der Waals surface area contributed by atoms with Crippen LogP contribution in [-0.2, 0) is 26.6 Å². The molecule has 3 aromatic heterocycles. The number of nitrogens with two attached hydrogens (primary N) is 1. The molecule has 0 saturated heterocycles. The van der Waals surface area contributed by atoms with Gasteiger partial charge < -0.3 is 10.6 Å². The molecule has 0 atom stereocenters. The zero-order valence-corrected chi connectivity index (χ0v) is 17.4. The van der Waals surface area contributed by atoms with Crippen molar-refractivity contribution in [3.63, 3.8) is 0 Å². The highest BCUT2D eigenvalue weighted by Gasteiger charge is 2.26. The van der Waals surface area contributed by atoms with Crippen molar-refractivity contribution in [3.8, 4) is 0 Å². The van der Waals surface area contributed by atoms with Crippen molar-refractivity contribution < 1.29 is 0 Å². The van der Waals surface area contributed by atoms with Crippen LogP contribution in [0.3, 0.4) is 0 Å². The number of aryl methyl sites for hydroxylation is 5. The molecule has 0 aromatic carbocycles. The molecule has 0 bridgehead atoms. The summed E-state index contributed by atoms with van der Waals surface area (Å²) >= 11 is 0. The number of fused-ring (bicyclic) bond motifs is 2. The van der Waals surface area contributed by atoms with Crippen molar-refractivity contribution in [1.29, 1.82) is 0 Å². The van der Waals surface area contributed by atoms with Crippen LogP contribution in [0.25, 0.3) is 11.0 Å². The number of hydrogen-bond acceptors (Lipinski definition) is 6. The van der Waals surface area contributed by atoms with E-state index in [4.69, 9.17) is 15.8 Å². The van der Waals surface area contributed by atoms with Gasteiger partial charge in [-0.15, -0.1) is 0 Å². The highest BCUT2D eigenvalue weighted by Crippen LogP contribution is 2.31. The van der Waals surface area contributed by atoms with Crippen molar-refractivity contribution in [2.24, 2.45) is 12.8 Å². The van der Waals surface area contributed by atoms with Crippen LogP contribution >= 0.6 is 0 Å². The van der Waals surface area contributed by atoms with E-state index < -0.39 is 0 Å².